The van der Waals surface area contributed by atoms with Crippen LogP contribution >= 0.6 is 0 Å². The van der Waals surface area contributed by atoms with Crippen molar-refractivity contribution in [3.63, 3.8) is 0 Å². The highest BCUT2D eigenvalue weighted by Gasteiger charge is 2.09. The van der Waals surface area contributed by atoms with Gasteiger partial charge in [0.25, 0.3) is 0 Å². The van der Waals surface area contributed by atoms with E-state index in [4.69, 9.17) is 14.5 Å². The molecule has 0 aliphatic rings. The lowest BCUT2D eigenvalue weighted by atomic mass is 10.2. The van der Waals surface area contributed by atoms with Gasteiger partial charge in [0.15, 0.2) is 5.96 Å². The van der Waals surface area contributed by atoms with Crippen molar-refractivity contribution in [1.82, 2.24) is 10.2 Å². The van der Waals surface area contributed by atoms with Gasteiger partial charge in [-0.15, -0.1) is 0 Å². The fourth-order valence-electron chi connectivity index (χ4n) is 2.98. The Morgan fingerprint density at radius 3 is 2.40 bits per heavy atom. The van der Waals surface area contributed by atoms with Crippen LogP contribution in [0.25, 0.3) is 0 Å². The maximum absolute atomic E-state index is 11.4. The van der Waals surface area contributed by atoms with Crippen molar-refractivity contribution in [3.05, 3.63) is 53.6 Å². The molecule has 0 unspecified atom stereocenters. The molecule has 162 valence electrons. The Morgan fingerprint density at radius 2 is 1.80 bits per heavy atom. The first kappa shape index (κ1) is 23.1. The van der Waals surface area contributed by atoms with Crippen LogP contribution in [0.4, 0.5) is 5.69 Å². The van der Waals surface area contributed by atoms with Crippen LogP contribution < -0.4 is 20.1 Å². The fourth-order valence-corrected chi connectivity index (χ4v) is 2.98. The summed E-state index contributed by atoms with van der Waals surface area (Å²) in [5, 5.41) is 6.13. The molecule has 7 nitrogen and oxygen atoms in total. The summed E-state index contributed by atoms with van der Waals surface area (Å²) in [5.41, 5.74) is 2.79. The minimum atomic E-state index is -0.141. The van der Waals surface area contributed by atoms with Crippen LogP contribution in [0.3, 0.4) is 0 Å². The number of amides is 1. The second-order valence-electron chi connectivity index (χ2n) is 6.82. The van der Waals surface area contributed by atoms with Crippen molar-refractivity contribution in [2.75, 3.05) is 32.6 Å². The lowest BCUT2D eigenvalue weighted by molar-refractivity contribution is -0.114. The number of hydrogen-bond acceptors (Lipinski definition) is 4. The van der Waals surface area contributed by atoms with E-state index in [9.17, 15) is 4.79 Å². The Bertz CT molecular complexity index is 850. The molecular weight excluding hydrogens is 380 g/mol. The first-order valence-electron chi connectivity index (χ1n) is 10.1. The molecule has 0 spiro atoms. The van der Waals surface area contributed by atoms with Crippen LogP contribution in [-0.4, -0.2) is 44.1 Å². The van der Waals surface area contributed by atoms with Crippen molar-refractivity contribution in [2.24, 2.45) is 4.99 Å². The van der Waals surface area contributed by atoms with E-state index < -0.39 is 0 Å². The number of ether oxygens (including phenoxy) is 2. The average Bonchev–Trinajstić information content (AvgIpc) is 2.72. The molecule has 0 atom stereocenters. The van der Waals surface area contributed by atoms with Crippen molar-refractivity contribution in [3.8, 4) is 11.5 Å². The SMILES string of the molecule is CCNC(=NCc1ccc(OC)c(NC(C)=O)c1)N(C)Cc1ccc(OCC)cc1. The highest BCUT2D eigenvalue weighted by molar-refractivity contribution is 5.90. The van der Waals surface area contributed by atoms with E-state index in [1.54, 1.807) is 7.11 Å². The first-order valence-corrected chi connectivity index (χ1v) is 10.1. The molecule has 7 heteroatoms. The Hall–Kier alpha value is -3.22. The van der Waals surface area contributed by atoms with Crippen LogP contribution in [0, 0.1) is 0 Å². The van der Waals surface area contributed by atoms with Gasteiger partial charge >= 0.3 is 0 Å². The van der Waals surface area contributed by atoms with E-state index in [1.165, 1.54) is 12.5 Å². The van der Waals surface area contributed by atoms with Crippen molar-refractivity contribution in [2.45, 2.75) is 33.9 Å². The van der Waals surface area contributed by atoms with E-state index in [0.29, 0.717) is 24.6 Å². The van der Waals surface area contributed by atoms with Gasteiger partial charge in [0, 0.05) is 27.1 Å². The van der Waals surface area contributed by atoms with E-state index in [-0.39, 0.29) is 5.91 Å². The molecule has 0 radical (unpaired) electrons. The number of benzene rings is 2. The zero-order chi connectivity index (χ0) is 21.9. The molecule has 30 heavy (non-hydrogen) atoms. The van der Waals surface area contributed by atoms with Crippen molar-refractivity contribution in [1.29, 1.82) is 0 Å². The normalized spacial score (nSPS) is 11.0. The van der Waals surface area contributed by atoms with E-state index in [1.807, 2.05) is 51.2 Å². The van der Waals surface area contributed by atoms with Crippen molar-refractivity contribution >= 4 is 17.6 Å². The predicted octanol–water partition coefficient (Wildman–Crippen LogP) is 3.65. The van der Waals surface area contributed by atoms with Gasteiger partial charge in [-0.25, -0.2) is 4.99 Å². The van der Waals surface area contributed by atoms with Crippen LogP contribution in [0.15, 0.2) is 47.5 Å². The highest BCUT2D eigenvalue weighted by atomic mass is 16.5. The molecule has 0 aliphatic heterocycles. The number of nitrogens with one attached hydrogen (secondary N) is 2. The molecule has 2 rings (SSSR count). The molecule has 0 saturated carbocycles. The number of carbonyl (C=O) groups excluding carboxylic acids is 1. The quantitative estimate of drug-likeness (QED) is 0.486. The molecule has 2 N–H and O–H groups in total. The van der Waals surface area contributed by atoms with Crippen molar-refractivity contribution < 1.29 is 14.3 Å². The Kier molecular flexibility index (Phi) is 9.00. The second-order valence-corrected chi connectivity index (χ2v) is 6.82. The molecule has 0 bridgehead atoms. The standard InChI is InChI=1S/C23H32N4O3/c1-6-24-23(27(4)16-18-8-11-20(12-9-18)30-7-2)25-15-19-10-13-22(29-5)21(14-19)26-17(3)28/h8-14H,6-7,15-16H2,1-5H3,(H,24,25)(H,26,28). The smallest absolute Gasteiger partial charge is 0.221 e. The average molecular weight is 413 g/mol. The molecule has 0 aliphatic carbocycles. The molecule has 1 amide bonds. The lowest BCUT2D eigenvalue weighted by Gasteiger charge is -2.22. The maximum Gasteiger partial charge on any atom is 0.221 e. The number of anilines is 1. The van der Waals surface area contributed by atoms with Crippen LogP contribution in [-0.2, 0) is 17.9 Å². The minimum Gasteiger partial charge on any atom is -0.495 e. The Balaban J connectivity index is 2.11. The molecule has 2 aromatic carbocycles. The summed E-state index contributed by atoms with van der Waals surface area (Å²) >= 11 is 0. The topological polar surface area (TPSA) is 75.2 Å². The van der Waals surface area contributed by atoms with E-state index in [2.05, 4.69) is 27.7 Å². The summed E-state index contributed by atoms with van der Waals surface area (Å²) in [5.74, 6) is 2.16. The van der Waals surface area contributed by atoms with E-state index in [0.717, 1.165) is 30.4 Å². The molecular formula is C23H32N4O3. The predicted molar refractivity (Wildman–Crippen MR) is 121 cm³/mol. The lowest BCUT2D eigenvalue weighted by Crippen LogP contribution is -2.38. The van der Waals surface area contributed by atoms with E-state index >= 15 is 0 Å². The molecule has 0 saturated heterocycles. The number of carbonyl (C=O) groups is 1. The molecule has 0 heterocycles. The van der Waals surface area contributed by atoms with Gasteiger partial charge in [0.05, 0.1) is 25.9 Å². The van der Waals surface area contributed by atoms with Gasteiger partial charge in [0.2, 0.25) is 5.91 Å². The summed E-state index contributed by atoms with van der Waals surface area (Å²) in [6, 6.07) is 13.8. The summed E-state index contributed by atoms with van der Waals surface area (Å²) in [7, 11) is 3.59. The third-order valence-corrected chi connectivity index (χ3v) is 4.34. The number of methoxy groups -OCH3 is 1. The Labute approximate surface area is 179 Å². The number of rotatable bonds is 9. The molecule has 2 aromatic rings. The van der Waals surface area contributed by atoms with Crippen LogP contribution in [0.5, 0.6) is 11.5 Å². The minimum absolute atomic E-state index is 0.141. The maximum atomic E-state index is 11.4. The molecule has 0 fully saturated rings. The summed E-state index contributed by atoms with van der Waals surface area (Å²) in [4.78, 5) is 18.3. The largest absolute Gasteiger partial charge is 0.495 e. The monoisotopic (exact) mass is 412 g/mol. The number of hydrogen-bond donors (Lipinski definition) is 2. The summed E-state index contributed by atoms with van der Waals surface area (Å²) < 4.78 is 10.8. The second kappa shape index (κ2) is 11.7. The van der Waals surface area contributed by atoms with Gasteiger partial charge in [-0.2, -0.15) is 0 Å². The number of nitrogens with zero attached hydrogens (tertiary/aromatic N) is 2. The summed E-state index contributed by atoms with van der Waals surface area (Å²) in [6.45, 7) is 8.12. The fraction of sp³-hybridized carbons (Fsp3) is 0.391. The third-order valence-electron chi connectivity index (χ3n) is 4.34. The zero-order valence-corrected chi connectivity index (χ0v) is 18.5. The van der Waals surface area contributed by atoms with Gasteiger partial charge in [0.1, 0.15) is 11.5 Å². The molecule has 0 aromatic heterocycles. The Morgan fingerprint density at radius 1 is 1.10 bits per heavy atom. The van der Waals surface area contributed by atoms with Crippen LogP contribution in [0.1, 0.15) is 31.9 Å². The van der Waals surface area contributed by atoms with Crippen LogP contribution in [0.2, 0.25) is 0 Å². The van der Waals surface area contributed by atoms with Gasteiger partial charge in [-0.1, -0.05) is 18.2 Å². The zero-order valence-electron chi connectivity index (χ0n) is 18.5. The highest BCUT2D eigenvalue weighted by Crippen LogP contribution is 2.25. The van der Waals surface area contributed by atoms with Gasteiger partial charge < -0.3 is 25.0 Å². The third kappa shape index (κ3) is 6.99. The summed E-state index contributed by atoms with van der Waals surface area (Å²) in [6.07, 6.45) is 0. The number of aliphatic imine (C=N–C) groups is 1. The van der Waals surface area contributed by atoms with Gasteiger partial charge in [-0.3, -0.25) is 4.79 Å². The number of guanidine groups is 1. The first-order chi connectivity index (χ1) is 14.5. The van der Waals surface area contributed by atoms with Gasteiger partial charge in [-0.05, 0) is 49.2 Å².